The number of hydrogen-bond acceptors (Lipinski definition) is 3. The van der Waals surface area contributed by atoms with Crippen molar-refractivity contribution in [2.45, 2.75) is 26.3 Å². The van der Waals surface area contributed by atoms with E-state index in [0.29, 0.717) is 12.1 Å². The number of carbonyl (C=O) groups excluding carboxylic acids is 1. The molecule has 1 rings (SSSR count). The average molecular weight is 256 g/mol. The van der Waals surface area contributed by atoms with E-state index in [1.807, 2.05) is 19.2 Å². The lowest BCUT2D eigenvalue weighted by Crippen LogP contribution is -2.43. The first-order valence-corrected chi connectivity index (χ1v) is 6.26. The molecule has 2 amide bonds. The van der Waals surface area contributed by atoms with Crippen LogP contribution in [0.15, 0.2) is 16.8 Å². The average Bonchev–Trinajstić information content (AvgIpc) is 2.68. The minimum Gasteiger partial charge on any atom is -0.480 e. The maximum atomic E-state index is 11.5. The number of anilines is 1. The van der Waals surface area contributed by atoms with E-state index in [0.717, 1.165) is 0 Å². The standard InChI is InChI=1S/C11H16N2O3S/c1-7(2)5-9(10(14)15)13-11(16)12-8-3-4-17-6-8/h3-4,6-7,9H,5H2,1-2H3,(H,14,15)(H2,12,13,16). The van der Waals surface area contributed by atoms with Gasteiger partial charge in [-0.15, -0.1) is 0 Å². The van der Waals surface area contributed by atoms with Crippen molar-refractivity contribution in [1.29, 1.82) is 0 Å². The highest BCUT2D eigenvalue weighted by molar-refractivity contribution is 7.08. The van der Waals surface area contributed by atoms with E-state index in [4.69, 9.17) is 5.11 Å². The molecule has 6 heteroatoms. The maximum Gasteiger partial charge on any atom is 0.326 e. The van der Waals surface area contributed by atoms with Crippen molar-refractivity contribution in [2.75, 3.05) is 5.32 Å². The molecule has 0 radical (unpaired) electrons. The van der Waals surface area contributed by atoms with Gasteiger partial charge >= 0.3 is 12.0 Å². The van der Waals surface area contributed by atoms with Gasteiger partial charge in [0.2, 0.25) is 0 Å². The predicted octanol–water partition coefficient (Wildman–Crippen LogP) is 2.37. The number of carboxylic acid groups (broad SMARTS) is 1. The third-order valence-corrected chi connectivity index (χ3v) is 2.77. The van der Waals surface area contributed by atoms with Crippen molar-refractivity contribution in [3.8, 4) is 0 Å². The molecule has 17 heavy (non-hydrogen) atoms. The first-order valence-electron chi connectivity index (χ1n) is 5.31. The van der Waals surface area contributed by atoms with E-state index >= 15 is 0 Å². The Morgan fingerprint density at radius 1 is 1.47 bits per heavy atom. The summed E-state index contributed by atoms with van der Waals surface area (Å²) >= 11 is 1.46. The number of thiophene rings is 1. The van der Waals surface area contributed by atoms with Gasteiger partial charge in [0.05, 0.1) is 5.69 Å². The molecule has 0 fully saturated rings. The van der Waals surface area contributed by atoms with Crippen LogP contribution in [0.4, 0.5) is 10.5 Å². The van der Waals surface area contributed by atoms with Crippen molar-refractivity contribution in [1.82, 2.24) is 5.32 Å². The fraction of sp³-hybridized carbons (Fsp3) is 0.455. The van der Waals surface area contributed by atoms with Crippen molar-refractivity contribution in [2.24, 2.45) is 5.92 Å². The van der Waals surface area contributed by atoms with Crippen molar-refractivity contribution >= 4 is 29.0 Å². The Labute approximate surface area is 104 Å². The molecule has 1 aromatic rings. The minimum absolute atomic E-state index is 0.206. The summed E-state index contributed by atoms with van der Waals surface area (Å²) in [5, 5.41) is 17.6. The van der Waals surface area contributed by atoms with Gasteiger partial charge in [0.25, 0.3) is 0 Å². The third kappa shape index (κ3) is 4.86. The minimum atomic E-state index is -1.01. The third-order valence-electron chi connectivity index (χ3n) is 2.09. The van der Waals surface area contributed by atoms with Crippen LogP contribution in [0.25, 0.3) is 0 Å². The largest absolute Gasteiger partial charge is 0.480 e. The van der Waals surface area contributed by atoms with Crippen LogP contribution in [0.1, 0.15) is 20.3 Å². The number of carbonyl (C=O) groups is 2. The van der Waals surface area contributed by atoms with Crippen LogP contribution in [-0.4, -0.2) is 23.1 Å². The van der Waals surface area contributed by atoms with Crippen LogP contribution >= 0.6 is 11.3 Å². The van der Waals surface area contributed by atoms with Crippen LogP contribution in [0, 0.1) is 5.92 Å². The second-order valence-electron chi connectivity index (χ2n) is 4.13. The van der Waals surface area contributed by atoms with E-state index < -0.39 is 18.0 Å². The van der Waals surface area contributed by atoms with Gasteiger partial charge in [-0.2, -0.15) is 11.3 Å². The Kier molecular flexibility index (Phi) is 4.96. The fourth-order valence-electron chi connectivity index (χ4n) is 1.35. The van der Waals surface area contributed by atoms with E-state index in [1.165, 1.54) is 11.3 Å². The zero-order chi connectivity index (χ0) is 12.8. The van der Waals surface area contributed by atoms with Gasteiger partial charge < -0.3 is 15.7 Å². The second kappa shape index (κ2) is 6.24. The molecule has 0 bridgehead atoms. The summed E-state index contributed by atoms with van der Waals surface area (Å²) in [5.41, 5.74) is 0.668. The van der Waals surface area contributed by atoms with Crippen LogP contribution in [0.5, 0.6) is 0 Å². The molecule has 3 N–H and O–H groups in total. The maximum absolute atomic E-state index is 11.5. The van der Waals surface area contributed by atoms with Crippen molar-refractivity contribution in [3.63, 3.8) is 0 Å². The molecule has 0 saturated carbocycles. The van der Waals surface area contributed by atoms with Crippen LogP contribution < -0.4 is 10.6 Å². The number of aliphatic carboxylic acids is 1. The van der Waals surface area contributed by atoms with Gasteiger partial charge in [-0.25, -0.2) is 9.59 Å². The Morgan fingerprint density at radius 2 is 2.18 bits per heavy atom. The lowest BCUT2D eigenvalue weighted by molar-refractivity contribution is -0.139. The number of hydrogen-bond donors (Lipinski definition) is 3. The van der Waals surface area contributed by atoms with Crippen LogP contribution in [-0.2, 0) is 4.79 Å². The van der Waals surface area contributed by atoms with Crippen LogP contribution in [0.2, 0.25) is 0 Å². The van der Waals surface area contributed by atoms with E-state index in [-0.39, 0.29) is 5.92 Å². The highest BCUT2D eigenvalue weighted by Crippen LogP contribution is 2.11. The number of urea groups is 1. The van der Waals surface area contributed by atoms with E-state index in [1.54, 1.807) is 11.4 Å². The molecular formula is C11H16N2O3S. The summed E-state index contributed by atoms with van der Waals surface area (Å²) in [5.74, 6) is -0.809. The number of amides is 2. The van der Waals surface area contributed by atoms with E-state index in [9.17, 15) is 9.59 Å². The summed E-state index contributed by atoms with van der Waals surface area (Å²) in [4.78, 5) is 22.5. The molecule has 1 aromatic heterocycles. The molecular weight excluding hydrogens is 240 g/mol. The van der Waals surface area contributed by atoms with Crippen molar-refractivity contribution in [3.05, 3.63) is 16.8 Å². The summed E-state index contributed by atoms with van der Waals surface area (Å²) < 4.78 is 0. The summed E-state index contributed by atoms with van der Waals surface area (Å²) in [6, 6.07) is 0.410. The lowest BCUT2D eigenvalue weighted by Gasteiger charge is -2.16. The molecule has 0 spiro atoms. The second-order valence-corrected chi connectivity index (χ2v) is 4.91. The monoisotopic (exact) mass is 256 g/mol. The molecule has 0 aliphatic rings. The Balaban J connectivity index is 2.49. The Morgan fingerprint density at radius 3 is 2.65 bits per heavy atom. The van der Waals surface area contributed by atoms with Gasteiger partial charge in [-0.05, 0) is 23.8 Å². The zero-order valence-electron chi connectivity index (χ0n) is 9.77. The highest BCUT2D eigenvalue weighted by Gasteiger charge is 2.20. The quantitative estimate of drug-likeness (QED) is 0.756. The normalized spacial score (nSPS) is 12.2. The molecule has 1 atom stereocenters. The molecule has 5 nitrogen and oxygen atoms in total. The highest BCUT2D eigenvalue weighted by atomic mass is 32.1. The Bertz CT molecular complexity index is 376. The molecule has 0 saturated heterocycles. The number of carboxylic acids is 1. The number of rotatable bonds is 5. The lowest BCUT2D eigenvalue weighted by atomic mass is 10.0. The summed E-state index contributed by atoms with van der Waals surface area (Å²) in [7, 11) is 0. The molecule has 1 unspecified atom stereocenters. The SMILES string of the molecule is CC(C)CC(NC(=O)Nc1ccsc1)C(=O)O. The molecule has 0 aliphatic carbocycles. The van der Waals surface area contributed by atoms with Gasteiger partial charge in [0.1, 0.15) is 6.04 Å². The Hall–Kier alpha value is -1.56. The smallest absolute Gasteiger partial charge is 0.326 e. The zero-order valence-corrected chi connectivity index (χ0v) is 10.6. The first-order chi connectivity index (χ1) is 7.99. The van der Waals surface area contributed by atoms with Gasteiger partial charge in [0.15, 0.2) is 0 Å². The fourth-order valence-corrected chi connectivity index (χ4v) is 1.94. The first kappa shape index (κ1) is 13.5. The van der Waals surface area contributed by atoms with Gasteiger partial charge in [-0.3, -0.25) is 0 Å². The topological polar surface area (TPSA) is 78.4 Å². The summed E-state index contributed by atoms with van der Waals surface area (Å²) in [6.45, 7) is 3.82. The van der Waals surface area contributed by atoms with Gasteiger partial charge in [-0.1, -0.05) is 13.8 Å². The van der Waals surface area contributed by atoms with E-state index in [2.05, 4.69) is 10.6 Å². The van der Waals surface area contributed by atoms with Crippen LogP contribution in [0.3, 0.4) is 0 Å². The van der Waals surface area contributed by atoms with Crippen molar-refractivity contribution < 1.29 is 14.7 Å². The summed E-state index contributed by atoms with van der Waals surface area (Å²) in [6.07, 6.45) is 0.409. The molecule has 0 aromatic carbocycles. The molecule has 1 heterocycles. The van der Waals surface area contributed by atoms with Gasteiger partial charge in [0, 0.05) is 5.38 Å². The molecule has 0 aliphatic heterocycles. The number of nitrogens with one attached hydrogen (secondary N) is 2. The predicted molar refractivity (Wildman–Crippen MR) is 67.4 cm³/mol. The molecule has 94 valence electrons.